The molecule has 1 atom stereocenters. The molecule has 152 valence electrons. The van der Waals surface area contributed by atoms with Gasteiger partial charge in [-0.15, -0.1) is 0 Å². The molecule has 2 heterocycles. The van der Waals surface area contributed by atoms with Crippen LogP contribution in [0, 0.1) is 5.82 Å². The van der Waals surface area contributed by atoms with Crippen LogP contribution in [0.1, 0.15) is 49.4 Å². The van der Waals surface area contributed by atoms with E-state index in [1.165, 1.54) is 29.1 Å². The normalized spacial score (nSPS) is 19.9. The number of halogens is 4. The van der Waals surface area contributed by atoms with Crippen molar-refractivity contribution >= 4 is 16.7 Å². The number of fused-ring (bicyclic) bond motifs is 1. The molecule has 0 saturated heterocycles. The first-order valence-electron chi connectivity index (χ1n) is 9.19. The van der Waals surface area contributed by atoms with E-state index in [1.54, 1.807) is 13.1 Å². The minimum Gasteiger partial charge on any atom is -0.363 e. The Balaban J connectivity index is 1.70. The summed E-state index contributed by atoms with van der Waals surface area (Å²) in [6.07, 6.45) is -0.479. The molecule has 1 saturated carbocycles. The number of rotatable bonds is 5. The molecule has 0 aliphatic heterocycles. The molecule has 1 aliphatic rings. The quantitative estimate of drug-likeness (QED) is 0.624. The summed E-state index contributed by atoms with van der Waals surface area (Å²) in [5, 5.41) is 3.52. The lowest BCUT2D eigenvalue weighted by molar-refractivity contribution is 0.134. The molecular formula is C20H18F4N4O. The molecule has 1 aliphatic carbocycles. The Morgan fingerprint density at radius 2 is 1.93 bits per heavy atom. The lowest BCUT2D eigenvalue weighted by Gasteiger charge is -2.31. The number of hydrogen-bond donors (Lipinski definition) is 1. The molecule has 1 aromatic carbocycles. The van der Waals surface area contributed by atoms with Gasteiger partial charge >= 0.3 is 0 Å². The van der Waals surface area contributed by atoms with Gasteiger partial charge in [0.25, 0.3) is 12.0 Å². The van der Waals surface area contributed by atoms with Gasteiger partial charge in [0.05, 0.1) is 22.5 Å². The summed E-state index contributed by atoms with van der Waals surface area (Å²) in [4.78, 5) is 20.6. The highest BCUT2D eigenvalue weighted by Gasteiger charge is 2.31. The van der Waals surface area contributed by atoms with Crippen LogP contribution in [0.25, 0.3) is 10.9 Å². The summed E-state index contributed by atoms with van der Waals surface area (Å²) >= 11 is 0. The molecule has 0 bridgehead atoms. The molecule has 1 N–H and O–H groups in total. The van der Waals surface area contributed by atoms with Crippen molar-refractivity contribution in [2.45, 2.75) is 44.4 Å². The zero-order valence-corrected chi connectivity index (χ0v) is 15.4. The Bertz CT molecular complexity index is 1110. The molecule has 0 amide bonds. The van der Waals surface area contributed by atoms with Gasteiger partial charge in [-0.05, 0) is 19.8 Å². The van der Waals surface area contributed by atoms with Crippen LogP contribution >= 0.6 is 0 Å². The first-order chi connectivity index (χ1) is 13.8. The van der Waals surface area contributed by atoms with Crippen molar-refractivity contribution in [3.63, 3.8) is 0 Å². The smallest absolute Gasteiger partial charge is 0.266 e. The highest BCUT2D eigenvalue weighted by atomic mass is 19.3. The van der Waals surface area contributed by atoms with Crippen molar-refractivity contribution in [1.29, 1.82) is 0 Å². The van der Waals surface area contributed by atoms with E-state index >= 15 is 0 Å². The number of nitrogens with zero attached hydrogens (tertiary/aromatic N) is 3. The lowest BCUT2D eigenvalue weighted by atomic mass is 9.90. The molecule has 0 unspecified atom stereocenters. The monoisotopic (exact) mass is 406 g/mol. The van der Waals surface area contributed by atoms with Crippen LogP contribution in [0.5, 0.6) is 0 Å². The maximum Gasteiger partial charge on any atom is 0.266 e. The van der Waals surface area contributed by atoms with E-state index in [9.17, 15) is 22.4 Å². The molecule has 29 heavy (non-hydrogen) atoms. The molecule has 9 heteroatoms. The predicted octanol–water partition coefficient (Wildman–Crippen LogP) is 4.71. The second-order valence-electron chi connectivity index (χ2n) is 7.18. The maximum absolute atomic E-state index is 14.5. The summed E-state index contributed by atoms with van der Waals surface area (Å²) in [5.41, 5.74) is -0.498. The number of hydrogen-bond acceptors (Lipinski definition) is 4. The van der Waals surface area contributed by atoms with Crippen LogP contribution in [0.4, 0.5) is 23.4 Å². The third kappa shape index (κ3) is 3.56. The van der Waals surface area contributed by atoms with E-state index in [0.717, 1.165) is 6.07 Å². The summed E-state index contributed by atoms with van der Waals surface area (Å²) in [5.74, 6) is -0.643. The molecule has 1 fully saturated rings. The second-order valence-corrected chi connectivity index (χ2v) is 7.18. The van der Waals surface area contributed by atoms with Gasteiger partial charge in [-0.1, -0.05) is 18.2 Å². The molecule has 0 spiro atoms. The van der Waals surface area contributed by atoms with E-state index in [0.29, 0.717) is 16.7 Å². The van der Waals surface area contributed by atoms with Gasteiger partial charge in [-0.3, -0.25) is 4.79 Å². The highest BCUT2D eigenvalue weighted by Crippen LogP contribution is 2.35. The zero-order chi connectivity index (χ0) is 20.7. The van der Waals surface area contributed by atoms with Crippen LogP contribution in [-0.4, -0.2) is 20.7 Å². The fraction of sp³-hybridized carbons (Fsp3) is 0.350. The Hall–Kier alpha value is -2.97. The van der Waals surface area contributed by atoms with Gasteiger partial charge in [0, 0.05) is 23.9 Å². The number of aromatic nitrogens is 3. The molecule has 5 nitrogen and oxygen atoms in total. The first kappa shape index (κ1) is 19.4. The second kappa shape index (κ2) is 7.46. The van der Waals surface area contributed by atoms with Gasteiger partial charge < -0.3 is 9.88 Å². The first-order valence-corrected chi connectivity index (χ1v) is 9.19. The number of benzene rings is 1. The fourth-order valence-corrected chi connectivity index (χ4v) is 3.55. The van der Waals surface area contributed by atoms with Crippen LogP contribution in [-0.2, 0) is 0 Å². The van der Waals surface area contributed by atoms with Crippen molar-refractivity contribution in [2.75, 3.05) is 5.32 Å². The van der Waals surface area contributed by atoms with E-state index < -0.39 is 30.0 Å². The van der Waals surface area contributed by atoms with Crippen molar-refractivity contribution in [3.8, 4) is 0 Å². The van der Waals surface area contributed by atoms with Crippen LogP contribution in [0.2, 0.25) is 0 Å². The van der Waals surface area contributed by atoms with Gasteiger partial charge in [0.1, 0.15) is 24.1 Å². The van der Waals surface area contributed by atoms with Crippen molar-refractivity contribution < 1.29 is 17.6 Å². The Kier molecular flexibility index (Phi) is 4.97. The zero-order valence-electron chi connectivity index (χ0n) is 15.4. The molecule has 4 rings (SSSR count). The largest absolute Gasteiger partial charge is 0.363 e. The third-order valence-electron chi connectivity index (χ3n) is 5.26. The standard InChI is InChI=1S/C20H18F4N4O/c1-10(13-3-2-4-14(18(13)22)19(23)24)27-20-15-8-28(12-5-11(21)6-12)17(29)7-16(15)25-9-26-20/h2-4,7-12,19H,5-6H2,1H3,(H,25,26,27)/t10-,11-,12-/m1/s1. The Morgan fingerprint density at radius 3 is 2.62 bits per heavy atom. The van der Waals surface area contributed by atoms with Crippen LogP contribution in [0.15, 0.2) is 41.6 Å². The summed E-state index contributed by atoms with van der Waals surface area (Å²) in [6, 6.07) is 4.28. The van der Waals surface area contributed by atoms with Crippen molar-refractivity contribution in [2.24, 2.45) is 0 Å². The minimum absolute atomic E-state index is 0.0714. The number of pyridine rings is 1. The van der Waals surface area contributed by atoms with E-state index in [-0.39, 0.29) is 30.0 Å². The Labute approximate surface area is 163 Å². The minimum atomic E-state index is -2.92. The topological polar surface area (TPSA) is 59.8 Å². The number of alkyl halides is 3. The van der Waals surface area contributed by atoms with Gasteiger partial charge in [0.2, 0.25) is 0 Å². The maximum atomic E-state index is 14.5. The average molecular weight is 406 g/mol. The van der Waals surface area contributed by atoms with E-state index in [2.05, 4.69) is 15.3 Å². The Morgan fingerprint density at radius 1 is 1.21 bits per heavy atom. The SMILES string of the molecule is C[C@@H](Nc1ncnc2cc(=O)n([C@H]3C[C@H](F)C3)cc12)c1cccc(C(F)F)c1F. The lowest BCUT2D eigenvalue weighted by Crippen LogP contribution is -2.34. The van der Waals surface area contributed by atoms with Gasteiger partial charge in [-0.25, -0.2) is 27.5 Å². The average Bonchev–Trinajstić information content (AvgIpc) is 2.65. The predicted molar refractivity (Wildman–Crippen MR) is 100 cm³/mol. The van der Waals surface area contributed by atoms with Crippen molar-refractivity contribution in [3.05, 3.63) is 64.1 Å². The molecular weight excluding hydrogens is 388 g/mol. The summed E-state index contributed by atoms with van der Waals surface area (Å²) in [6.45, 7) is 1.62. The number of anilines is 1. The van der Waals surface area contributed by atoms with E-state index in [4.69, 9.17) is 0 Å². The molecule has 2 aromatic heterocycles. The summed E-state index contributed by atoms with van der Waals surface area (Å²) in [7, 11) is 0. The summed E-state index contributed by atoms with van der Waals surface area (Å²) < 4.78 is 55.1. The molecule has 3 aromatic rings. The number of nitrogens with one attached hydrogen (secondary N) is 1. The fourth-order valence-electron chi connectivity index (χ4n) is 3.55. The van der Waals surface area contributed by atoms with Gasteiger partial charge in [0.15, 0.2) is 0 Å². The molecule has 0 radical (unpaired) electrons. The highest BCUT2D eigenvalue weighted by molar-refractivity contribution is 5.88. The van der Waals surface area contributed by atoms with Gasteiger partial charge in [-0.2, -0.15) is 0 Å². The van der Waals surface area contributed by atoms with Crippen LogP contribution in [0.3, 0.4) is 0 Å². The van der Waals surface area contributed by atoms with Crippen molar-refractivity contribution in [1.82, 2.24) is 14.5 Å². The van der Waals surface area contributed by atoms with E-state index in [1.807, 2.05) is 0 Å². The van der Waals surface area contributed by atoms with Crippen LogP contribution < -0.4 is 10.9 Å². The third-order valence-corrected chi connectivity index (χ3v) is 5.26.